The van der Waals surface area contributed by atoms with Crippen LogP contribution in [0.5, 0.6) is 0 Å². The average Bonchev–Trinajstić information content (AvgIpc) is 3.04. The Morgan fingerprint density at radius 1 is 1.32 bits per heavy atom. The number of amides is 2. The van der Waals surface area contributed by atoms with Crippen LogP contribution in [0, 0.1) is 5.92 Å². The molecule has 0 aromatic heterocycles. The van der Waals surface area contributed by atoms with Crippen LogP contribution in [0.3, 0.4) is 0 Å². The lowest BCUT2D eigenvalue weighted by Gasteiger charge is -2.21. The highest BCUT2D eigenvalue weighted by Crippen LogP contribution is 2.28. The Kier molecular flexibility index (Phi) is 5.36. The van der Waals surface area contributed by atoms with E-state index in [0.717, 1.165) is 12.3 Å². The van der Waals surface area contributed by atoms with Gasteiger partial charge in [0.05, 0.1) is 5.88 Å². The molecule has 0 radical (unpaired) electrons. The van der Waals surface area contributed by atoms with Crippen LogP contribution < -0.4 is 5.32 Å². The predicted octanol–water partition coefficient (Wildman–Crippen LogP) is 2.13. The van der Waals surface area contributed by atoms with Gasteiger partial charge in [0.1, 0.15) is 6.04 Å². The van der Waals surface area contributed by atoms with Crippen LogP contribution in [-0.2, 0) is 4.79 Å². The number of urea groups is 1. The molecule has 1 saturated heterocycles. The zero-order chi connectivity index (χ0) is 13.7. The number of carboxylic acids is 1. The SMILES string of the molecule is O=C(O)[C@@H]1CSCN1C(=O)NCCCC1CCCC1. The van der Waals surface area contributed by atoms with Gasteiger partial charge in [0.25, 0.3) is 0 Å². The van der Waals surface area contributed by atoms with Crippen molar-refractivity contribution in [2.45, 2.75) is 44.6 Å². The van der Waals surface area contributed by atoms with Gasteiger partial charge in [-0.05, 0) is 18.8 Å². The lowest BCUT2D eigenvalue weighted by atomic mass is 10.0. The van der Waals surface area contributed by atoms with Crippen molar-refractivity contribution >= 4 is 23.8 Å². The Balaban J connectivity index is 1.64. The van der Waals surface area contributed by atoms with Crippen LogP contribution in [-0.4, -0.2) is 46.2 Å². The molecule has 2 rings (SSSR count). The molecular formula is C13H22N2O3S. The van der Waals surface area contributed by atoms with Crippen molar-refractivity contribution in [1.82, 2.24) is 10.2 Å². The molecule has 1 atom stereocenters. The average molecular weight is 286 g/mol. The Morgan fingerprint density at radius 3 is 2.74 bits per heavy atom. The first-order valence-corrected chi connectivity index (χ1v) is 8.19. The lowest BCUT2D eigenvalue weighted by Crippen LogP contribution is -2.47. The molecule has 0 bridgehead atoms. The van der Waals surface area contributed by atoms with E-state index in [2.05, 4.69) is 5.32 Å². The Labute approximate surface area is 118 Å². The molecule has 0 aromatic carbocycles. The van der Waals surface area contributed by atoms with Crippen molar-refractivity contribution in [1.29, 1.82) is 0 Å². The number of nitrogens with one attached hydrogen (secondary N) is 1. The normalized spacial score (nSPS) is 23.8. The maximum atomic E-state index is 11.9. The largest absolute Gasteiger partial charge is 0.480 e. The maximum Gasteiger partial charge on any atom is 0.327 e. The van der Waals surface area contributed by atoms with E-state index in [1.54, 1.807) is 0 Å². The highest BCUT2D eigenvalue weighted by Gasteiger charge is 2.34. The Morgan fingerprint density at radius 2 is 2.05 bits per heavy atom. The van der Waals surface area contributed by atoms with E-state index in [1.807, 2.05) is 0 Å². The third-order valence-corrected chi connectivity index (χ3v) is 4.98. The van der Waals surface area contributed by atoms with Gasteiger partial charge >= 0.3 is 12.0 Å². The van der Waals surface area contributed by atoms with Gasteiger partial charge in [-0.25, -0.2) is 9.59 Å². The molecule has 6 heteroatoms. The number of carboxylic acid groups (broad SMARTS) is 1. The third kappa shape index (κ3) is 4.03. The second-order valence-electron chi connectivity index (χ2n) is 5.35. The molecule has 0 spiro atoms. The zero-order valence-corrected chi connectivity index (χ0v) is 12.0. The molecule has 1 aliphatic heterocycles. The van der Waals surface area contributed by atoms with Gasteiger partial charge in [0.2, 0.25) is 0 Å². The summed E-state index contributed by atoms with van der Waals surface area (Å²) in [6.07, 6.45) is 7.53. The Bertz CT molecular complexity index is 332. The molecule has 2 amide bonds. The van der Waals surface area contributed by atoms with Crippen LogP contribution >= 0.6 is 11.8 Å². The lowest BCUT2D eigenvalue weighted by molar-refractivity contribution is -0.140. The van der Waals surface area contributed by atoms with Crippen LogP contribution in [0.4, 0.5) is 4.79 Å². The second kappa shape index (κ2) is 7.03. The van der Waals surface area contributed by atoms with Crippen molar-refractivity contribution in [2.75, 3.05) is 18.2 Å². The number of nitrogens with zero attached hydrogens (tertiary/aromatic N) is 1. The van der Waals surface area contributed by atoms with Crippen molar-refractivity contribution in [3.63, 3.8) is 0 Å². The molecule has 0 unspecified atom stereocenters. The molecule has 1 saturated carbocycles. The van der Waals surface area contributed by atoms with Crippen LogP contribution in [0.15, 0.2) is 0 Å². The number of hydrogen-bond acceptors (Lipinski definition) is 3. The number of hydrogen-bond donors (Lipinski definition) is 2. The standard InChI is InChI=1S/C13H22N2O3S/c16-12(17)11-8-19-9-15(11)13(18)14-7-3-6-10-4-1-2-5-10/h10-11H,1-9H2,(H,14,18)(H,16,17)/t11-/m0/s1. The first kappa shape index (κ1) is 14.5. The number of carbonyl (C=O) groups is 2. The molecule has 0 aromatic rings. The van der Waals surface area contributed by atoms with Crippen molar-refractivity contribution in [3.05, 3.63) is 0 Å². The minimum absolute atomic E-state index is 0.233. The molecule has 2 fully saturated rings. The summed E-state index contributed by atoms with van der Waals surface area (Å²) < 4.78 is 0. The molecule has 1 aliphatic carbocycles. The molecule has 5 nitrogen and oxygen atoms in total. The van der Waals surface area contributed by atoms with E-state index in [1.165, 1.54) is 48.8 Å². The van der Waals surface area contributed by atoms with Crippen molar-refractivity contribution < 1.29 is 14.7 Å². The second-order valence-corrected chi connectivity index (χ2v) is 6.35. The first-order valence-electron chi connectivity index (χ1n) is 7.03. The topological polar surface area (TPSA) is 69.6 Å². The smallest absolute Gasteiger partial charge is 0.327 e. The summed E-state index contributed by atoms with van der Waals surface area (Å²) in [5, 5.41) is 11.9. The van der Waals surface area contributed by atoms with Crippen LogP contribution in [0.2, 0.25) is 0 Å². The highest BCUT2D eigenvalue weighted by molar-refractivity contribution is 7.99. The van der Waals surface area contributed by atoms with E-state index in [4.69, 9.17) is 5.11 Å². The summed E-state index contributed by atoms with van der Waals surface area (Å²) in [5.74, 6) is 0.896. The molecule has 1 heterocycles. The van der Waals surface area contributed by atoms with E-state index < -0.39 is 12.0 Å². The predicted molar refractivity (Wildman–Crippen MR) is 75.2 cm³/mol. The van der Waals surface area contributed by atoms with Crippen LogP contribution in [0.25, 0.3) is 0 Å². The monoisotopic (exact) mass is 286 g/mol. The number of rotatable bonds is 5. The van der Waals surface area contributed by atoms with E-state index in [-0.39, 0.29) is 6.03 Å². The highest BCUT2D eigenvalue weighted by atomic mass is 32.2. The summed E-state index contributed by atoms with van der Waals surface area (Å²) in [6, 6.07) is -0.899. The summed E-state index contributed by atoms with van der Waals surface area (Å²) in [7, 11) is 0. The zero-order valence-electron chi connectivity index (χ0n) is 11.1. The fraction of sp³-hybridized carbons (Fsp3) is 0.846. The number of aliphatic carboxylic acids is 1. The fourth-order valence-corrected chi connectivity index (χ4v) is 3.98. The summed E-state index contributed by atoms with van der Waals surface area (Å²) in [6.45, 7) is 0.656. The van der Waals surface area contributed by atoms with Gasteiger partial charge in [0, 0.05) is 12.3 Å². The Hall–Kier alpha value is -0.910. The van der Waals surface area contributed by atoms with Crippen molar-refractivity contribution in [3.8, 4) is 0 Å². The molecule has 2 aliphatic rings. The van der Waals surface area contributed by atoms with Crippen molar-refractivity contribution in [2.24, 2.45) is 5.92 Å². The molecular weight excluding hydrogens is 264 g/mol. The minimum atomic E-state index is -0.911. The third-order valence-electron chi connectivity index (χ3n) is 3.97. The first-order chi connectivity index (χ1) is 9.18. The van der Waals surface area contributed by atoms with E-state index >= 15 is 0 Å². The van der Waals surface area contributed by atoms with Gasteiger partial charge < -0.3 is 15.3 Å². The van der Waals surface area contributed by atoms with Gasteiger partial charge in [0.15, 0.2) is 0 Å². The fourth-order valence-electron chi connectivity index (χ4n) is 2.83. The van der Waals surface area contributed by atoms with E-state index in [9.17, 15) is 9.59 Å². The van der Waals surface area contributed by atoms with Gasteiger partial charge in [-0.3, -0.25) is 0 Å². The summed E-state index contributed by atoms with van der Waals surface area (Å²) in [5.41, 5.74) is 0. The molecule has 2 N–H and O–H groups in total. The molecule has 19 heavy (non-hydrogen) atoms. The van der Waals surface area contributed by atoms with Gasteiger partial charge in [-0.15, -0.1) is 11.8 Å². The quantitative estimate of drug-likeness (QED) is 0.760. The number of carbonyl (C=O) groups excluding carboxylic acids is 1. The van der Waals surface area contributed by atoms with E-state index in [0.29, 0.717) is 18.2 Å². The van der Waals surface area contributed by atoms with Crippen LogP contribution in [0.1, 0.15) is 38.5 Å². The summed E-state index contributed by atoms with van der Waals surface area (Å²) >= 11 is 1.49. The minimum Gasteiger partial charge on any atom is -0.480 e. The van der Waals surface area contributed by atoms with Gasteiger partial charge in [-0.1, -0.05) is 25.7 Å². The van der Waals surface area contributed by atoms with Gasteiger partial charge in [-0.2, -0.15) is 0 Å². The number of thioether (sulfide) groups is 1. The maximum absolute atomic E-state index is 11.9. The molecule has 108 valence electrons. The summed E-state index contributed by atoms with van der Waals surface area (Å²) in [4.78, 5) is 24.3.